The Morgan fingerprint density at radius 2 is 1.95 bits per heavy atom. The first-order valence-electron chi connectivity index (χ1n) is 8.61. The zero-order chi connectivity index (χ0) is 15.0. The maximum absolute atomic E-state index is 4.65. The molecule has 1 aromatic rings. The molecule has 3 unspecified atom stereocenters. The molecule has 0 bridgehead atoms. The van der Waals surface area contributed by atoms with Gasteiger partial charge in [0.15, 0.2) is 0 Å². The van der Waals surface area contributed by atoms with Crippen LogP contribution in [0, 0.1) is 17.8 Å². The lowest BCUT2D eigenvalue weighted by atomic mass is 10.0. The van der Waals surface area contributed by atoms with Crippen LogP contribution in [0.1, 0.15) is 50.9 Å². The van der Waals surface area contributed by atoms with Crippen LogP contribution in [-0.2, 0) is 19.9 Å². The number of nitrogens with one attached hydrogen (secondary N) is 1. The SMILES string of the molecule is CCNC(Cc1c(Br)c(CC)nn1C)C1C2CCCCC21. The number of rotatable bonds is 6. The van der Waals surface area contributed by atoms with Crippen LogP contribution in [0.2, 0.25) is 0 Å². The molecule has 0 saturated heterocycles. The molecule has 0 amide bonds. The number of hydrogen-bond acceptors (Lipinski definition) is 2. The Balaban J connectivity index is 1.75. The minimum Gasteiger partial charge on any atom is -0.314 e. The van der Waals surface area contributed by atoms with E-state index in [1.54, 1.807) is 0 Å². The highest BCUT2D eigenvalue weighted by atomic mass is 79.9. The summed E-state index contributed by atoms with van der Waals surface area (Å²) in [5, 5.41) is 8.42. The van der Waals surface area contributed by atoms with Gasteiger partial charge >= 0.3 is 0 Å². The predicted molar refractivity (Wildman–Crippen MR) is 90.4 cm³/mol. The summed E-state index contributed by atoms with van der Waals surface area (Å²) in [6, 6.07) is 0.625. The summed E-state index contributed by atoms with van der Waals surface area (Å²) in [4.78, 5) is 0. The zero-order valence-electron chi connectivity index (χ0n) is 13.5. The molecule has 0 aliphatic heterocycles. The summed E-state index contributed by atoms with van der Waals surface area (Å²) in [7, 11) is 2.09. The third-order valence-electron chi connectivity index (χ3n) is 5.57. The zero-order valence-corrected chi connectivity index (χ0v) is 15.1. The van der Waals surface area contributed by atoms with Gasteiger partial charge in [-0.25, -0.2) is 0 Å². The molecule has 3 atom stereocenters. The van der Waals surface area contributed by atoms with Crippen LogP contribution in [0.4, 0.5) is 0 Å². The average Bonchev–Trinajstić information content (AvgIpc) is 3.15. The molecule has 2 aliphatic rings. The molecule has 3 nitrogen and oxygen atoms in total. The Morgan fingerprint density at radius 3 is 2.48 bits per heavy atom. The lowest BCUT2D eigenvalue weighted by Crippen LogP contribution is -2.34. The van der Waals surface area contributed by atoms with Crippen molar-refractivity contribution >= 4 is 15.9 Å². The van der Waals surface area contributed by atoms with E-state index >= 15 is 0 Å². The Bertz CT molecular complexity index is 484. The van der Waals surface area contributed by atoms with E-state index in [0.29, 0.717) is 6.04 Å². The fourth-order valence-corrected chi connectivity index (χ4v) is 5.28. The summed E-state index contributed by atoms with van der Waals surface area (Å²) in [6.07, 6.45) is 7.93. The number of aromatic nitrogens is 2. The highest BCUT2D eigenvalue weighted by Gasteiger charge is 2.53. The molecule has 1 heterocycles. The van der Waals surface area contributed by atoms with Gasteiger partial charge in [0.05, 0.1) is 15.9 Å². The molecule has 0 spiro atoms. The number of likely N-dealkylation sites (N-methyl/N-ethyl adjacent to an activating group) is 1. The second-order valence-corrected chi connectivity index (χ2v) is 7.54. The second kappa shape index (κ2) is 6.41. The summed E-state index contributed by atoms with van der Waals surface area (Å²) in [6.45, 7) is 5.47. The number of nitrogens with zero attached hydrogens (tertiary/aromatic N) is 2. The molecule has 2 aliphatic carbocycles. The molecule has 2 saturated carbocycles. The van der Waals surface area contributed by atoms with Gasteiger partial charge in [0.25, 0.3) is 0 Å². The van der Waals surface area contributed by atoms with Crippen LogP contribution in [0.25, 0.3) is 0 Å². The Hall–Kier alpha value is -0.350. The normalized spacial score (nSPS) is 29.2. The van der Waals surface area contributed by atoms with Gasteiger partial charge in [0, 0.05) is 19.5 Å². The third-order valence-corrected chi connectivity index (χ3v) is 6.49. The number of halogens is 1. The minimum atomic E-state index is 0.625. The van der Waals surface area contributed by atoms with Gasteiger partial charge in [-0.2, -0.15) is 5.10 Å². The average molecular weight is 354 g/mol. The fraction of sp³-hybridized carbons (Fsp3) is 0.824. The van der Waals surface area contributed by atoms with E-state index in [9.17, 15) is 0 Å². The van der Waals surface area contributed by atoms with Crippen molar-refractivity contribution in [3.63, 3.8) is 0 Å². The van der Waals surface area contributed by atoms with Crippen molar-refractivity contribution in [3.05, 3.63) is 15.9 Å². The van der Waals surface area contributed by atoms with Crippen molar-refractivity contribution in [2.75, 3.05) is 6.54 Å². The molecule has 0 radical (unpaired) electrons. The highest BCUT2D eigenvalue weighted by Crippen LogP contribution is 2.57. The summed E-state index contributed by atoms with van der Waals surface area (Å²) in [5.74, 6) is 2.90. The molecule has 1 aromatic heterocycles. The number of fused-ring (bicyclic) bond motifs is 1. The van der Waals surface area contributed by atoms with E-state index in [0.717, 1.165) is 37.1 Å². The third kappa shape index (κ3) is 2.94. The number of hydrogen-bond donors (Lipinski definition) is 1. The van der Waals surface area contributed by atoms with Gasteiger partial charge in [-0.3, -0.25) is 4.68 Å². The van der Waals surface area contributed by atoms with Crippen LogP contribution in [0.5, 0.6) is 0 Å². The summed E-state index contributed by atoms with van der Waals surface area (Å²) in [5.41, 5.74) is 2.55. The van der Waals surface area contributed by atoms with Crippen molar-refractivity contribution in [2.45, 2.75) is 58.4 Å². The summed E-state index contributed by atoms with van der Waals surface area (Å²) < 4.78 is 3.32. The van der Waals surface area contributed by atoms with Crippen molar-refractivity contribution in [1.82, 2.24) is 15.1 Å². The van der Waals surface area contributed by atoms with Gasteiger partial charge in [0.2, 0.25) is 0 Å². The molecule has 2 fully saturated rings. The first-order chi connectivity index (χ1) is 10.2. The van der Waals surface area contributed by atoms with Crippen LogP contribution < -0.4 is 5.32 Å². The molecule has 4 heteroatoms. The van der Waals surface area contributed by atoms with Crippen molar-refractivity contribution in [1.29, 1.82) is 0 Å². The predicted octanol–water partition coefficient (Wildman–Crippen LogP) is 3.70. The Morgan fingerprint density at radius 1 is 1.29 bits per heavy atom. The smallest absolute Gasteiger partial charge is 0.0766 e. The Labute approximate surface area is 137 Å². The van der Waals surface area contributed by atoms with E-state index in [-0.39, 0.29) is 0 Å². The van der Waals surface area contributed by atoms with Crippen molar-refractivity contribution in [2.24, 2.45) is 24.8 Å². The van der Waals surface area contributed by atoms with E-state index in [2.05, 4.69) is 51.9 Å². The molecular formula is C17H28BrN3. The standard InChI is InChI=1S/C17H28BrN3/c1-4-13-17(18)15(21(3)20-13)10-14(19-5-2)16-11-8-6-7-9-12(11)16/h11-12,14,16,19H,4-10H2,1-3H3. The minimum absolute atomic E-state index is 0.625. The van der Waals surface area contributed by atoms with Gasteiger partial charge in [0.1, 0.15) is 0 Å². The van der Waals surface area contributed by atoms with Crippen LogP contribution in [-0.4, -0.2) is 22.4 Å². The summed E-state index contributed by atoms with van der Waals surface area (Å²) >= 11 is 3.78. The van der Waals surface area contributed by atoms with Crippen LogP contribution in [0.15, 0.2) is 4.47 Å². The topological polar surface area (TPSA) is 29.9 Å². The highest BCUT2D eigenvalue weighted by molar-refractivity contribution is 9.10. The lowest BCUT2D eigenvalue weighted by Gasteiger charge is -2.19. The molecule has 118 valence electrons. The van der Waals surface area contributed by atoms with Crippen LogP contribution >= 0.6 is 15.9 Å². The van der Waals surface area contributed by atoms with Gasteiger partial charge in [-0.05, 0) is 59.5 Å². The van der Waals surface area contributed by atoms with Crippen molar-refractivity contribution < 1.29 is 0 Å². The van der Waals surface area contributed by atoms with E-state index in [1.807, 2.05) is 0 Å². The molecule has 0 aromatic carbocycles. The van der Waals surface area contributed by atoms with E-state index < -0.39 is 0 Å². The van der Waals surface area contributed by atoms with E-state index in [1.165, 1.54) is 41.5 Å². The maximum atomic E-state index is 4.65. The second-order valence-electron chi connectivity index (χ2n) is 6.74. The van der Waals surface area contributed by atoms with Crippen molar-refractivity contribution in [3.8, 4) is 0 Å². The fourth-order valence-electron chi connectivity index (χ4n) is 4.50. The molecular weight excluding hydrogens is 326 g/mol. The van der Waals surface area contributed by atoms with Crippen LogP contribution in [0.3, 0.4) is 0 Å². The van der Waals surface area contributed by atoms with Gasteiger partial charge in [-0.1, -0.05) is 26.7 Å². The molecule has 21 heavy (non-hydrogen) atoms. The van der Waals surface area contributed by atoms with Gasteiger partial charge < -0.3 is 5.32 Å². The first kappa shape index (κ1) is 15.5. The molecule has 3 rings (SSSR count). The molecule has 1 N–H and O–H groups in total. The maximum Gasteiger partial charge on any atom is 0.0766 e. The lowest BCUT2D eigenvalue weighted by molar-refractivity contribution is 0.427. The monoisotopic (exact) mass is 353 g/mol. The van der Waals surface area contributed by atoms with Gasteiger partial charge in [-0.15, -0.1) is 0 Å². The number of aryl methyl sites for hydroxylation is 2. The quantitative estimate of drug-likeness (QED) is 0.844. The Kier molecular flexibility index (Phi) is 4.75. The first-order valence-corrected chi connectivity index (χ1v) is 9.40. The largest absolute Gasteiger partial charge is 0.314 e. The van der Waals surface area contributed by atoms with E-state index in [4.69, 9.17) is 0 Å².